The van der Waals surface area contributed by atoms with Crippen LogP contribution >= 0.6 is 11.6 Å². The maximum atomic E-state index is 14.2. The first kappa shape index (κ1) is 24.0. The first-order chi connectivity index (χ1) is 17.2. The van der Waals surface area contributed by atoms with Gasteiger partial charge in [-0.05, 0) is 50.5 Å². The van der Waals surface area contributed by atoms with Gasteiger partial charge in [0.15, 0.2) is 5.69 Å². The lowest BCUT2D eigenvalue weighted by molar-refractivity contribution is -0.133. The molecule has 8 nitrogen and oxygen atoms in total. The Kier molecular flexibility index (Phi) is 6.04. The predicted octanol–water partition coefficient (Wildman–Crippen LogP) is 3.93. The van der Waals surface area contributed by atoms with Crippen LogP contribution in [0.3, 0.4) is 0 Å². The van der Waals surface area contributed by atoms with Gasteiger partial charge in [0, 0.05) is 17.6 Å². The summed E-state index contributed by atoms with van der Waals surface area (Å²) in [5.74, 6) is -2.15. The summed E-state index contributed by atoms with van der Waals surface area (Å²) in [6, 6.07) is 11.6. The molecule has 0 bridgehead atoms. The third-order valence-electron chi connectivity index (χ3n) is 6.64. The van der Waals surface area contributed by atoms with E-state index in [9.17, 15) is 18.8 Å². The number of fused-ring (bicyclic) bond motifs is 1. The standard InChI is InChI=1S/C26H25ClFN5O3/c1-15-3-5-16(6-4-15)12-29-25(36)26(2)13-32-14-30-21(22(32)24(35)33(26)18-8-9-18)23(34)31-20-10-7-17(27)11-19(20)28/h3-7,10-11,14,18H,8-9,12-13H2,1-2H3,(H,29,36)(H,31,34). The Labute approximate surface area is 212 Å². The number of anilines is 1. The highest BCUT2D eigenvalue weighted by molar-refractivity contribution is 6.30. The second kappa shape index (κ2) is 9.05. The van der Waals surface area contributed by atoms with E-state index in [0.717, 1.165) is 30.0 Å². The van der Waals surface area contributed by atoms with Crippen molar-refractivity contribution in [3.05, 3.63) is 82.1 Å². The summed E-state index contributed by atoms with van der Waals surface area (Å²) in [5.41, 5.74) is 0.802. The SMILES string of the molecule is Cc1ccc(CNC(=O)C2(C)Cn3cnc(C(=O)Nc4ccc(Cl)cc4F)c3C(=O)N2C2CC2)cc1. The van der Waals surface area contributed by atoms with Crippen molar-refractivity contribution < 1.29 is 18.8 Å². The molecule has 3 amide bonds. The third kappa shape index (κ3) is 4.35. The number of carbonyl (C=O) groups is 3. The normalized spacial score (nSPS) is 19.1. The molecular formula is C26H25ClFN5O3. The molecule has 186 valence electrons. The molecule has 3 aromatic rings. The fourth-order valence-electron chi connectivity index (χ4n) is 4.57. The Morgan fingerprint density at radius 1 is 1.19 bits per heavy atom. The van der Waals surface area contributed by atoms with Crippen molar-refractivity contribution in [1.29, 1.82) is 0 Å². The zero-order valence-corrected chi connectivity index (χ0v) is 20.6. The second-order valence-electron chi connectivity index (χ2n) is 9.50. The monoisotopic (exact) mass is 509 g/mol. The summed E-state index contributed by atoms with van der Waals surface area (Å²) in [4.78, 5) is 45.8. The van der Waals surface area contributed by atoms with E-state index >= 15 is 0 Å². The van der Waals surface area contributed by atoms with Crippen LogP contribution < -0.4 is 10.6 Å². The van der Waals surface area contributed by atoms with Crippen LogP contribution in [0.15, 0.2) is 48.8 Å². The number of nitrogens with zero attached hydrogens (tertiary/aromatic N) is 3. The van der Waals surface area contributed by atoms with Crippen LogP contribution in [0.1, 0.15) is 51.9 Å². The Bertz CT molecular complexity index is 1370. The highest BCUT2D eigenvalue weighted by atomic mass is 35.5. The summed E-state index contributed by atoms with van der Waals surface area (Å²) < 4.78 is 15.7. The Balaban J connectivity index is 1.40. The fourth-order valence-corrected chi connectivity index (χ4v) is 4.73. The van der Waals surface area contributed by atoms with E-state index in [-0.39, 0.29) is 40.6 Å². The van der Waals surface area contributed by atoms with Crippen LogP contribution in [-0.4, -0.2) is 43.8 Å². The van der Waals surface area contributed by atoms with Gasteiger partial charge in [-0.2, -0.15) is 0 Å². The molecule has 10 heteroatoms. The van der Waals surface area contributed by atoms with Gasteiger partial charge < -0.3 is 20.1 Å². The van der Waals surface area contributed by atoms with Gasteiger partial charge in [0.2, 0.25) is 5.91 Å². The molecule has 5 rings (SSSR count). The topological polar surface area (TPSA) is 96.3 Å². The first-order valence-corrected chi connectivity index (χ1v) is 12.0. The quantitative estimate of drug-likeness (QED) is 0.526. The minimum Gasteiger partial charge on any atom is -0.350 e. The number of halogens is 2. The molecule has 1 aliphatic carbocycles. The predicted molar refractivity (Wildman–Crippen MR) is 132 cm³/mol. The van der Waals surface area contributed by atoms with E-state index in [1.54, 1.807) is 11.8 Å². The Morgan fingerprint density at radius 2 is 1.92 bits per heavy atom. The molecule has 36 heavy (non-hydrogen) atoms. The van der Waals surface area contributed by atoms with Crippen LogP contribution in [0.5, 0.6) is 0 Å². The van der Waals surface area contributed by atoms with E-state index in [2.05, 4.69) is 15.6 Å². The summed E-state index contributed by atoms with van der Waals surface area (Å²) in [5, 5.41) is 5.62. The zero-order valence-electron chi connectivity index (χ0n) is 19.8. The maximum absolute atomic E-state index is 14.2. The molecule has 1 aromatic heterocycles. The molecule has 1 aliphatic heterocycles. The lowest BCUT2D eigenvalue weighted by Gasteiger charge is -2.44. The number of amides is 3. The van der Waals surface area contributed by atoms with Gasteiger partial charge in [-0.3, -0.25) is 14.4 Å². The molecule has 1 fully saturated rings. The van der Waals surface area contributed by atoms with Crippen molar-refractivity contribution in [1.82, 2.24) is 19.8 Å². The van der Waals surface area contributed by atoms with Gasteiger partial charge >= 0.3 is 0 Å². The molecule has 1 saturated carbocycles. The summed E-state index contributed by atoms with van der Waals surface area (Å²) in [6.07, 6.45) is 2.92. The highest BCUT2D eigenvalue weighted by Gasteiger charge is 2.53. The summed E-state index contributed by atoms with van der Waals surface area (Å²) in [7, 11) is 0. The van der Waals surface area contributed by atoms with Gasteiger partial charge in [0.05, 0.1) is 18.6 Å². The van der Waals surface area contributed by atoms with Crippen LogP contribution in [0.4, 0.5) is 10.1 Å². The van der Waals surface area contributed by atoms with Crippen molar-refractivity contribution in [2.75, 3.05) is 5.32 Å². The van der Waals surface area contributed by atoms with Gasteiger partial charge in [-0.25, -0.2) is 9.37 Å². The van der Waals surface area contributed by atoms with E-state index in [4.69, 9.17) is 11.6 Å². The molecule has 0 saturated heterocycles. The van der Waals surface area contributed by atoms with Gasteiger partial charge in [0.25, 0.3) is 11.8 Å². The maximum Gasteiger partial charge on any atom is 0.276 e. The number of hydrogen-bond acceptors (Lipinski definition) is 4. The molecular weight excluding hydrogens is 485 g/mol. The van der Waals surface area contributed by atoms with Gasteiger partial charge in [0.1, 0.15) is 17.1 Å². The number of imidazole rings is 1. The number of carbonyl (C=O) groups excluding carboxylic acids is 3. The average Bonchev–Trinajstić information content (AvgIpc) is 3.57. The number of aryl methyl sites for hydroxylation is 1. The molecule has 1 atom stereocenters. The van der Waals surface area contributed by atoms with Gasteiger partial charge in [-0.1, -0.05) is 41.4 Å². The molecule has 2 aromatic carbocycles. The van der Waals surface area contributed by atoms with E-state index < -0.39 is 23.2 Å². The van der Waals surface area contributed by atoms with Crippen molar-refractivity contribution in [3.8, 4) is 0 Å². The molecule has 0 radical (unpaired) electrons. The largest absolute Gasteiger partial charge is 0.350 e. The lowest BCUT2D eigenvalue weighted by atomic mass is 9.93. The number of rotatable bonds is 6. The van der Waals surface area contributed by atoms with Crippen LogP contribution in [0.25, 0.3) is 0 Å². The molecule has 2 aliphatic rings. The number of nitrogens with one attached hydrogen (secondary N) is 2. The number of aromatic nitrogens is 2. The first-order valence-electron chi connectivity index (χ1n) is 11.7. The number of benzene rings is 2. The van der Waals surface area contributed by atoms with Crippen LogP contribution in [0, 0.1) is 12.7 Å². The lowest BCUT2D eigenvalue weighted by Crippen LogP contribution is -2.64. The van der Waals surface area contributed by atoms with E-state index in [1.807, 2.05) is 31.2 Å². The molecule has 2 heterocycles. The number of hydrogen-bond donors (Lipinski definition) is 2. The minimum absolute atomic E-state index is 0.0752. The van der Waals surface area contributed by atoms with E-state index in [0.29, 0.717) is 6.54 Å². The molecule has 2 N–H and O–H groups in total. The summed E-state index contributed by atoms with van der Waals surface area (Å²) >= 11 is 5.78. The third-order valence-corrected chi connectivity index (χ3v) is 6.87. The Morgan fingerprint density at radius 3 is 2.58 bits per heavy atom. The van der Waals surface area contributed by atoms with Crippen molar-refractivity contribution in [2.24, 2.45) is 0 Å². The zero-order chi connectivity index (χ0) is 25.6. The van der Waals surface area contributed by atoms with Crippen molar-refractivity contribution in [3.63, 3.8) is 0 Å². The summed E-state index contributed by atoms with van der Waals surface area (Å²) in [6.45, 7) is 4.20. The van der Waals surface area contributed by atoms with Gasteiger partial charge in [-0.15, -0.1) is 0 Å². The average molecular weight is 510 g/mol. The highest BCUT2D eigenvalue weighted by Crippen LogP contribution is 2.39. The minimum atomic E-state index is -1.16. The fraction of sp³-hybridized carbons (Fsp3) is 0.308. The molecule has 1 unspecified atom stereocenters. The smallest absolute Gasteiger partial charge is 0.276 e. The van der Waals surface area contributed by atoms with E-state index in [1.165, 1.54) is 23.0 Å². The van der Waals surface area contributed by atoms with Crippen molar-refractivity contribution in [2.45, 2.75) is 51.4 Å². The van der Waals surface area contributed by atoms with Crippen molar-refractivity contribution >= 4 is 35.0 Å². The Hall–Kier alpha value is -3.72. The van der Waals surface area contributed by atoms with Crippen LogP contribution in [0.2, 0.25) is 5.02 Å². The van der Waals surface area contributed by atoms with Crippen LogP contribution in [-0.2, 0) is 17.9 Å². The molecule has 0 spiro atoms. The second-order valence-corrected chi connectivity index (χ2v) is 9.93.